The molecule has 1 aromatic carbocycles. The molecule has 1 rings (SSSR count). The maximum absolute atomic E-state index is 12.4. The molecule has 0 atom stereocenters. The molecule has 0 aliphatic rings. The van der Waals surface area contributed by atoms with Crippen molar-refractivity contribution >= 4 is 22.6 Å². The summed E-state index contributed by atoms with van der Waals surface area (Å²) in [4.78, 5) is 1.42. The minimum atomic E-state index is -4.15. The molecule has 0 N–H and O–H groups in total. The maximum Gasteiger partial charge on any atom is 0.401 e. The molecule has 0 aromatic heterocycles. The zero-order valence-corrected chi connectivity index (χ0v) is 11.9. The first-order valence-electron chi connectivity index (χ1n) is 5.33. The van der Waals surface area contributed by atoms with Crippen molar-refractivity contribution in [3.05, 3.63) is 33.4 Å². The highest BCUT2D eigenvalue weighted by Gasteiger charge is 2.31. The highest BCUT2D eigenvalue weighted by Crippen LogP contribution is 2.20. The number of hydrogen-bond acceptors (Lipinski definition) is 1. The van der Waals surface area contributed by atoms with Crippen molar-refractivity contribution in [2.75, 3.05) is 6.54 Å². The van der Waals surface area contributed by atoms with Crippen LogP contribution in [0.1, 0.15) is 19.4 Å². The van der Waals surface area contributed by atoms with Crippen LogP contribution in [0.25, 0.3) is 0 Å². The standard InChI is InChI=1S/C12H15F3IN/c1-9(2)17(8-12(13,14)15)7-10-3-5-11(16)6-4-10/h3-6,9H,7-8H2,1-2H3. The van der Waals surface area contributed by atoms with E-state index in [9.17, 15) is 13.2 Å². The number of halogens is 4. The minimum Gasteiger partial charge on any atom is -0.288 e. The lowest BCUT2D eigenvalue weighted by atomic mass is 10.2. The van der Waals surface area contributed by atoms with Crippen LogP contribution >= 0.6 is 22.6 Å². The summed E-state index contributed by atoms with van der Waals surface area (Å²) in [6.07, 6.45) is -4.15. The van der Waals surface area contributed by atoms with E-state index < -0.39 is 12.7 Å². The van der Waals surface area contributed by atoms with Crippen LogP contribution in [-0.4, -0.2) is 23.7 Å². The molecular formula is C12H15F3IN. The van der Waals surface area contributed by atoms with Gasteiger partial charge in [-0.1, -0.05) is 12.1 Å². The Morgan fingerprint density at radius 1 is 1.18 bits per heavy atom. The van der Waals surface area contributed by atoms with E-state index in [-0.39, 0.29) is 6.04 Å². The summed E-state index contributed by atoms with van der Waals surface area (Å²) in [6, 6.07) is 7.42. The monoisotopic (exact) mass is 357 g/mol. The fourth-order valence-electron chi connectivity index (χ4n) is 1.48. The first kappa shape index (κ1) is 14.8. The van der Waals surface area contributed by atoms with Crippen LogP contribution in [0.3, 0.4) is 0 Å². The van der Waals surface area contributed by atoms with Gasteiger partial charge in [0.15, 0.2) is 0 Å². The van der Waals surface area contributed by atoms with Gasteiger partial charge >= 0.3 is 6.18 Å². The smallest absolute Gasteiger partial charge is 0.288 e. The van der Waals surface area contributed by atoms with E-state index in [1.165, 1.54) is 4.90 Å². The third-order valence-electron chi connectivity index (χ3n) is 2.41. The SMILES string of the molecule is CC(C)N(Cc1ccc(I)cc1)CC(F)(F)F. The second-order valence-electron chi connectivity index (χ2n) is 4.24. The fraction of sp³-hybridized carbons (Fsp3) is 0.500. The van der Waals surface area contributed by atoms with E-state index >= 15 is 0 Å². The van der Waals surface area contributed by atoms with Crippen LogP contribution in [0.15, 0.2) is 24.3 Å². The lowest BCUT2D eigenvalue weighted by molar-refractivity contribution is -0.150. The van der Waals surface area contributed by atoms with Crippen molar-refractivity contribution in [2.24, 2.45) is 0 Å². The summed E-state index contributed by atoms with van der Waals surface area (Å²) in [6.45, 7) is 3.02. The Morgan fingerprint density at radius 2 is 1.71 bits per heavy atom. The van der Waals surface area contributed by atoms with Crippen molar-refractivity contribution in [2.45, 2.75) is 32.6 Å². The summed E-state index contributed by atoms with van der Waals surface area (Å²) in [7, 11) is 0. The lowest BCUT2D eigenvalue weighted by Gasteiger charge is -2.27. The Morgan fingerprint density at radius 3 is 2.12 bits per heavy atom. The zero-order chi connectivity index (χ0) is 13.1. The van der Waals surface area contributed by atoms with Crippen molar-refractivity contribution in [3.63, 3.8) is 0 Å². The normalized spacial score (nSPS) is 12.5. The quantitative estimate of drug-likeness (QED) is 0.735. The van der Waals surface area contributed by atoms with E-state index in [0.717, 1.165) is 9.13 Å². The topological polar surface area (TPSA) is 3.24 Å². The number of hydrogen-bond donors (Lipinski definition) is 0. The average Bonchev–Trinajstić information content (AvgIpc) is 2.18. The summed E-state index contributed by atoms with van der Waals surface area (Å²) >= 11 is 2.17. The molecule has 0 bridgehead atoms. The number of nitrogens with zero attached hydrogens (tertiary/aromatic N) is 1. The minimum absolute atomic E-state index is 0.129. The molecule has 0 radical (unpaired) electrons. The first-order valence-corrected chi connectivity index (χ1v) is 6.41. The van der Waals surface area contributed by atoms with Gasteiger partial charge < -0.3 is 0 Å². The molecule has 0 spiro atoms. The molecule has 0 unspecified atom stereocenters. The lowest BCUT2D eigenvalue weighted by Crippen LogP contribution is -2.38. The van der Waals surface area contributed by atoms with Crippen LogP contribution < -0.4 is 0 Å². The van der Waals surface area contributed by atoms with E-state index in [0.29, 0.717) is 6.54 Å². The van der Waals surface area contributed by atoms with Gasteiger partial charge in [-0.25, -0.2) is 0 Å². The van der Waals surface area contributed by atoms with Crippen LogP contribution in [0.2, 0.25) is 0 Å². The second kappa shape index (κ2) is 6.04. The van der Waals surface area contributed by atoms with Gasteiger partial charge in [-0.05, 0) is 54.1 Å². The molecule has 96 valence electrons. The summed E-state index contributed by atoms with van der Waals surface area (Å²) in [5.41, 5.74) is 0.906. The van der Waals surface area contributed by atoms with Crippen LogP contribution in [0.4, 0.5) is 13.2 Å². The third kappa shape index (κ3) is 5.72. The van der Waals surface area contributed by atoms with Crippen LogP contribution in [0.5, 0.6) is 0 Å². The number of benzene rings is 1. The number of alkyl halides is 3. The largest absolute Gasteiger partial charge is 0.401 e. The molecule has 1 nitrogen and oxygen atoms in total. The third-order valence-corrected chi connectivity index (χ3v) is 3.13. The van der Waals surface area contributed by atoms with Gasteiger partial charge in [0.05, 0.1) is 6.54 Å². The fourth-order valence-corrected chi connectivity index (χ4v) is 1.84. The molecule has 5 heteroatoms. The predicted octanol–water partition coefficient (Wildman–Crippen LogP) is 4.06. The Kier molecular flexibility index (Phi) is 5.24. The molecule has 0 saturated heterocycles. The predicted molar refractivity (Wildman–Crippen MR) is 70.8 cm³/mol. The van der Waals surface area contributed by atoms with E-state index in [4.69, 9.17) is 0 Å². The zero-order valence-electron chi connectivity index (χ0n) is 9.76. The molecule has 0 fully saturated rings. The second-order valence-corrected chi connectivity index (χ2v) is 5.49. The Labute approximate surface area is 113 Å². The summed E-state index contributed by atoms with van der Waals surface area (Å²) in [5.74, 6) is 0. The van der Waals surface area contributed by atoms with E-state index in [2.05, 4.69) is 22.6 Å². The molecule has 0 heterocycles. The van der Waals surface area contributed by atoms with Gasteiger partial charge in [0.2, 0.25) is 0 Å². The molecule has 0 saturated carbocycles. The van der Waals surface area contributed by atoms with E-state index in [1.54, 1.807) is 13.8 Å². The summed E-state index contributed by atoms with van der Waals surface area (Å²) in [5, 5.41) is 0. The maximum atomic E-state index is 12.4. The molecule has 0 aliphatic heterocycles. The molecular weight excluding hydrogens is 342 g/mol. The van der Waals surface area contributed by atoms with Crippen molar-refractivity contribution in [1.82, 2.24) is 4.90 Å². The van der Waals surface area contributed by atoms with Gasteiger partial charge in [0.1, 0.15) is 0 Å². The van der Waals surface area contributed by atoms with Gasteiger partial charge in [-0.15, -0.1) is 0 Å². The van der Waals surface area contributed by atoms with E-state index in [1.807, 2.05) is 24.3 Å². The van der Waals surface area contributed by atoms with Gasteiger partial charge in [0, 0.05) is 16.2 Å². The Balaban J connectivity index is 2.70. The van der Waals surface area contributed by atoms with Gasteiger partial charge in [0.25, 0.3) is 0 Å². The number of rotatable bonds is 4. The molecule has 0 aliphatic carbocycles. The summed E-state index contributed by atoms with van der Waals surface area (Å²) < 4.78 is 38.3. The average molecular weight is 357 g/mol. The molecule has 17 heavy (non-hydrogen) atoms. The van der Waals surface area contributed by atoms with Gasteiger partial charge in [-0.3, -0.25) is 4.90 Å². The Bertz CT molecular complexity index is 346. The van der Waals surface area contributed by atoms with Gasteiger partial charge in [-0.2, -0.15) is 13.2 Å². The highest BCUT2D eigenvalue weighted by molar-refractivity contribution is 14.1. The highest BCUT2D eigenvalue weighted by atomic mass is 127. The first-order chi connectivity index (χ1) is 7.78. The van der Waals surface area contributed by atoms with Crippen LogP contribution in [-0.2, 0) is 6.54 Å². The molecule has 0 amide bonds. The van der Waals surface area contributed by atoms with Crippen molar-refractivity contribution in [1.29, 1.82) is 0 Å². The molecule has 1 aromatic rings. The van der Waals surface area contributed by atoms with Crippen molar-refractivity contribution < 1.29 is 13.2 Å². The van der Waals surface area contributed by atoms with Crippen molar-refractivity contribution in [3.8, 4) is 0 Å². The Hall–Kier alpha value is -0.300. The van der Waals surface area contributed by atoms with Crippen LogP contribution in [0, 0.1) is 3.57 Å².